The molecule has 4 rings (SSSR count). The van der Waals surface area contributed by atoms with Crippen molar-refractivity contribution in [3.63, 3.8) is 0 Å². The van der Waals surface area contributed by atoms with Gasteiger partial charge in [0.1, 0.15) is 23.0 Å². The molecule has 7 heteroatoms. The van der Waals surface area contributed by atoms with Crippen molar-refractivity contribution in [2.45, 2.75) is 25.7 Å². The summed E-state index contributed by atoms with van der Waals surface area (Å²) in [5.74, 6) is 0.817. The van der Waals surface area contributed by atoms with E-state index >= 15 is 0 Å². The van der Waals surface area contributed by atoms with Crippen LogP contribution in [0.2, 0.25) is 0 Å². The Hall–Kier alpha value is -3.14. The molecule has 0 saturated carbocycles. The van der Waals surface area contributed by atoms with Gasteiger partial charge in [-0.25, -0.2) is 4.79 Å². The molecular formula is C16H10N2O5. The summed E-state index contributed by atoms with van der Waals surface area (Å²) in [5, 5.41) is 21.4. The van der Waals surface area contributed by atoms with Gasteiger partial charge in [-0.1, -0.05) is 0 Å². The maximum absolute atomic E-state index is 11.8. The number of non-ortho nitro benzene ring substituents is 1. The van der Waals surface area contributed by atoms with Crippen LogP contribution in [0.25, 0.3) is 21.9 Å². The largest absolute Gasteiger partial charge is 0.460 e. The lowest BCUT2D eigenvalue weighted by Crippen LogP contribution is -2.05. The first-order chi connectivity index (χ1) is 11.1. The first-order valence-electron chi connectivity index (χ1n) is 7.19. The molecular weight excluding hydrogens is 300 g/mol. The molecule has 0 amide bonds. The van der Waals surface area contributed by atoms with Crippen LogP contribution < -0.4 is 5.63 Å². The van der Waals surface area contributed by atoms with Gasteiger partial charge in [0.25, 0.3) is 0 Å². The molecule has 1 aliphatic rings. The number of benzene rings is 1. The van der Waals surface area contributed by atoms with Gasteiger partial charge in [0.15, 0.2) is 0 Å². The van der Waals surface area contributed by atoms with E-state index in [1.165, 1.54) is 12.1 Å². The van der Waals surface area contributed by atoms with Gasteiger partial charge < -0.3 is 8.83 Å². The summed E-state index contributed by atoms with van der Waals surface area (Å²) in [7, 11) is 0. The number of furan rings is 1. The standard InChI is InChI=1S/C16H10N2O5/c17-7-8-5-10-14-9-3-1-2-4-12(9)22-13(14)6-11(18(20)21)15(10)23-16(8)19/h5-6H,1-4H2. The average molecular weight is 310 g/mol. The summed E-state index contributed by atoms with van der Waals surface area (Å²) in [6.07, 6.45) is 3.59. The molecule has 0 atom stereocenters. The number of aryl methyl sites for hydroxylation is 2. The molecule has 1 aromatic carbocycles. The topological polar surface area (TPSA) is 110 Å². The van der Waals surface area contributed by atoms with E-state index in [-0.39, 0.29) is 16.8 Å². The van der Waals surface area contributed by atoms with E-state index in [1.807, 2.05) is 0 Å². The van der Waals surface area contributed by atoms with Crippen LogP contribution in [-0.4, -0.2) is 4.92 Å². The third-order valence-electron chi connectivity index (χ3n) is 4.23. The quantitative estimate of drug-likeness (QED) is 0.387. The first-order valence-corrected chi connectivity index (χ1v) is 7.19. The Morgan fingerprint density at radius 2 is 2.00 bits per heavy atom. The predicted molar refractivity (Wildman–Crippen MR) is 80.3 cm³/mol. The van der Waals surface area contributed by atoms with E-state index < -0.39 is 10.5 Å². The number of fused-ring (bicyclic) bond motifs is 5. The Morgan fingerprint density at radius 3 is 2.74 bits per heavy atom. The zero-order chi connectivity index (χ0) is 16.1. The second kappa shape index (κ2) is 4.68. The molecule has 0 fully saturated rings. The Kier molecular flexibility index (Phi) is 2.75. The molecule has 0 unspecified atom stereocenters. The van der Waals surface area contributed by atoms with Gasteiger partial charge in [-0.15, -0.1) is 0 Å². The maximum Gasteiger partial charge on any atom is 0.354 e. The minimum atomic E-state index is -0.875. The lowest BCUT2D eigenvalue weighted by atomic mass is 9.94. The Morgan fingerprint density at radius 1 is 1.22 bits per heavy atom. The SMILES string of the molecule is N#Cc1cc2c(oc1=O)c([N+](=O)[O-])cc1oc3c(c12)CCCC3. The highest BCUT2D eigenvalue weighted by Gasteiger charge is 2.26. The fraction of sp³-hybridized carbons (Fsp3) is 0.250. The molecule has 2 heterocycles. The Bertz CT molecular complexity index is 1080. The summed E-state index contributed by atoms with van der Waals surface area (Å²) >= 11 is 0. The third-order valence-corrected chi connectivity index (χ3v) is 4.23. The minimum Gasteiger partial charge on any atom is -0.460 e. The van der Waals surface area contributed by atoms with Crippen molar-refractivity contribution in [3.8, 4) is 6.07 Å². The summed E-state index contributed by atoms with van der Waals surface area (Å²) in [5.41, 5.74) is -0.108. The minimum absolute atomic E-state index is 0.110. The molecule has 7 nitrogen and oxygen atoms in total. The number of nitro benzene ring substituents is 1. The van der Waals surface area contributed by atoms with Crippen molar-refractivity contribution in [3.05, 3.63) is 49.6 Å². The maximum atomic E-state index is 11.8. The van der Waals surface area contributed by atoms with Gasteiger partial charge in [-0.05, 0) is 25.3 Å². The fourth-order valence-corrected chi connectivity index (χ4v) is 3.23. The number of rotatable bonds is 1. The summed E-state index contributed by atoms with van der Waals surface area (Å²) in [6.45, 7) is 0. The molecule has 1 aliphatic carbocycles. The van der Waals surface area contributed by atoms with Crippen LogP contribution in [0.4, 0.5) is 5.69 Å². The van der Waals surface area contributed by atoms with E-state index in [0.717, 1.165) is 37.0 Å². The highest BCUT2D eigenvalue weighted by Crippen LogP contribution is 2.40. The lowest BCUT2D eigenvalue weighted by Gasteiger charge is -2.09. The zero-order valence-electron chi connectivity index (χ0n) is 11.9. The Labute approximate surface area is 128 Å². The van der Waals surface area contributed by atoms with Gasteiger partial charge in [0, 0.05) is 22.8 Å². The lowest BCUT2D eigenvalue weighted by molar-refractivity contribution is -0.383. The van der Waals surface area contributed by atoms with Gasteiger partial charge in [-0.3, -0.25) is 10.1 Å². The van der Waals surface area contributed by atoms with Crippen LogP contribution >= 0.6 is 0 Å². The van der Waals surface area contributed by atoms with E-state index in [9.17, 15) is 14.9 Å². The van der Waals surface area contributed by atoms with Crippen LogP contribution in [-0.2, 0) is 12.8 Å². The number of nitro groups is 1. The fourth-order valence-electron chi connectivity index (χ4n) is 3.23. The molecule has 2 aromatic heterocycles. The molecule has 0 spiro atoms. The molecule has 3 aromatic rings. The molecule has 23 heavy (non-hydrogen) atoms. The number of nitrogens with zero attached hydrogens (tertiary/aromatic N) is 2. The first kappa shape index (κ1) is 13.5. The molecule has 114 valence electrons. The molecule has 0 radical (unpaired) electrons. The third kappa shape index (κ3) is 1.85. The van der Waals surface area contributed by atoms with E-state index in [1.54, 1.807) is 6.07 Å². The highest BCUT2D eigenvalue weighted by molar-refractivity contribution is 6.09. The summed E-state index contributed by atoms with van der Waals surface area (Å²) in [4.78, 5) is 22.5. The molecule has 0 aliphatic heterocycles. The van der Waals surface area contributed by atoms with E-state index in [4.69, 9.17) is 14.1 Å². The van der Waals surface area contributed by atoms with Crippen LogP contribution in [0.15, 0.2) is 25.8 Å². The van der Waals surface area contributed by atoms with Crippen molar-refractivity contribution in [1.29, 1.82) is 5.26 Å². The van der Waals surface area contributed by atoms with Gasteiger partial charge in [0.05, 0.1) is 11.0 Å². The highest BCUT2D eigenvalue weighted by atomic mass is 16.6. The molecule has 0 bridgehead atoms. The van der Waals surface area contributed by atoms with E-state index in [0.29, 0.717) is 16.4 Å². The summed E-state index contributed by atoms with van der Waals surface area (Å²) in [6, 6.07) is 4.42. The van der Waals surface area contributed by atoms with Gasteiger partial charge in [-0.2, -0.15) is 5.26 Å². The second-order valence-electron chi connectivity index (χ2n) is 5.54. The van der Waals surface area contributed by atoms with Crippen LogP contribution in [0.1, 0.15) is 29.7 Å². The van der Waals surface area contributed by atoms with Crippen LogP contribution in [0, 0.1) is 21.4 Å². The van der Waals surface area contributed by atoms with Crippen molar-refractivity contribution in [1.82, 2.24) is 0 Å². The monoisotopic (exact) mass is 310 g/mol. The van der Waals surface area contributed by atoms with Crippen molar-refractivity contribution >= 4 is 27.6 Å². The molecule has 0 N–H and O–H groups in total. The second-order valence-corrected chi connectivity index (χ2v) is 5.54. The number of nitriles is 1. The summed E-state index contributed by atoms with van der Waals surface area (Å²) < 4.78 is 10.9. The van der Waals surface area contributed by atoms with Gasteiger partial charge >= 0.3 is 11.3 Å². The number of hydrogen-bond acceptors (Lipinski definition) is 6. The Balaban J connectivity index is 2.25. The van der Waals surface area contributed by atoms with Gasteiger partial charge in [0.2, 0.25) is 5.58 Å². The van der Waals surface area contributed by atoms with Crippen molar-refractivity contribution in [2.24, 2.45) is 0 Å². The van der Waals surface area contributed by atoms with E-state index in [2.05, 4.69) is 0 Å². The predicted octanol–water partition coefficient (Wildman–Crippen LogP) is 3.20. The van der Waals surface area contributed by atoms with Crippen LogP contribution in [0.3, 0.4) is 0 Å². The van der Waals surface area contributed by atoms with Crippen LogP contribution in [0.5, 0.6) is 0 Å². The molecule has 0 saturated heterocycles. The van der Waals surface area contributed by atoms with Crippen molar-refractivity contribution < 1.29 is 13.8 Å². The van der Waals surface area contributed by atoms with Crippen molar-refractivity contribution in [2.75, 3.05) is 0 Å². The zero-order valence-corrected chi connectivity index (χ0v) is 11.9. The smallest absolute Gasteiger partial charge is 0.354 e. The normalized spacial score (nSPS) is 13.9. The average Bonchev–Trinajstić information content (AvgIpc) is 2.91. The number of hydrogen-bond donors (Lipinski definition) is 0.